The summed E-state index contributed by atoms with van der Waals surface area (Å²) in [4.78, 5) is -0.406. The van der Waals surface area contributed by atoms with E-state index in [1.807, 2.05) is 6.92 Å². The van der Waals surface area contributed by atoms with Crippen LogP contribution in [0.2, 0.25) is 0 Å². The minimum atomic E-state index is -0.406. The normalized spacial score (nSPS) is 34.3. The van der Waals surface area contributed by atoms with Crippen molar-refractivity contribution in [3.8, 4) is 0 Å². The molecule has 49 valence electrons. The Morgan fingerprint density at radius 1 is 1.78 bits per heavy atom. The third kappa shape index (κ3) is 1.50. The zero-order valence-corrected chi connectivity index (χ0v) is 6.63. The van der Waals surface area contributed by atoms with Crippen LogP contribution in [-0.2, 0) is 0 Å². The molecule has 0 N–H and O–H groups in total. The van der Waals surface area contributed by atoms with Gasteiger partial charge in [-0.1, -0.05) is 17.7 Å². The van der Waals surface area contributed by atoms with E-state index in [1.165, 1.54) is 0 Å². The molecule has 1 unspecified atom stereocenters. The van der Waals surface area contributed by atoms with Gasteiger partial charge in [0.05, 0.1) is 4.87 Å². The maximum absolute atomic E-state index is 5.94. The minimum absolute atomic E-state index is 0.406. The van der Waals surface area contributed by atoms with Gasteiger partial charge in [-0.3, -0.25) is 0 Å². The summed E-state index contributed by atoms with van der Waals surface area (Å²) in [5, 5.41) is 0.697. The average molecular weight is 162 g/mol. The van der Waals surface area contributed by atoms with Gasteiger partial charge in [0, 0.05) is 5.03 Å². The summed E-state index contributed by atoms with van der Waals surface area (Å²) in [6.45, 7) is 1.88. The SMILES string of the molecule is CC1(Cl)C[C]=CC=C1Cl. The first-order valence-corrected chi connectivity index (χ1v) is 3.50. The molecule has 0 fully saturated rings. The minimum Gasteiger partial charge on any atom is -0.113 e. The number of rotatable bonds is 0. The molecular formula is C7H7Cl2. The molecule has 1 radical (unpaired) electrons. The molecule has 2 heteroatoms. The Bertz CT molecular complexity index is 166. The van der Waals surface area contributed by atoms with E-state index < -0.39 is 4.87 Å². The standard InChI is InChI=1S/C7H7Cl2/c1-7(9)5-3-2-4-6(7)8/h2,4H,5H2,1H3. The Morgan fingerprint density at radius 2 is 2.44 bits per heavy atom. The third-order valence-corrected chi connectivity index (χ3v) is 2.26. The maximum atomic E-state index is 5.94. The van der Waals surface area contributed by atoms with Crippen LogP contribution in [0.1, 0.15) is 13.3 Å². The van der Waals surface area contributed by atoms with Crippen molar-refractivity contribution in [1.82, 2.24) is 0 Å². The van der Waals surface area contributed by atoms with E-state index in [9.17, 15) is 0 Å². The van der Waals surface area contributed by atoms with Crippen molar-refractivity contribution in [2.24, 2.45) is 0 Å². The van der Waals surface area contributed by atoms with Crippen LogP contribution in [0.3, 0.4) is 0 Å². The van der Waals surface area contributed by atoms with Gasteiger partial charge in [0.2, 0.25) is 0 Å². The predicted octanol–water partition coefficient (Wildman–Crippen LogP) is 2.87. The maximum Gasteiger partial charge on any atom is 0.0813 e. The van der Waals surface area contributed by atoms with Crippen molar-refractivity contribution in [1.29, 1.82) is 0 Å². The first kappa shape index (κ1) is 7.17. The van der Waals surface area contributed by atoms with Gasteiger partial charge in [-0.05, 0) is 25.5 Å². The van der Waals surface area contributed by atoms with Gasteiger partial charge in [0.15, 0.2) is 0 Å². The van der Waals surface area contributed by atoms with Crippen LogP contribution >= 0.6 is 23.2 Å². The van der Waals surface area contributed by atoms with E-state index in [0.29, 0.717) is 11.5 Å². The first-order valence-electron chi connectivity index (χ1n) is 2.75. The van der Waals surface area contributed by atoms with Gasteiger partial charge in [-0.25, -0.2) is 0 Å². The highest BCUT2D eigenvalue weighted by Crippen LogP contribution is 2.33. The summed E-state index contributed by atoms with van der Waals surface area (Å²) in [5.41, 5.74) is 0. The number of allylic oxidation sites excluding steroid dienone is 4. The molecule has 9 heavy (non-hydrogen) atoms. The van der Waals surface area contributed by atoms with Gasteiger partial charge in [-0.15, -0.1) is 11.6 Å². The van der Waals surface area contributed by atoms with Gasteiger partial charge < -0.3 is 0 Å². The summed E-state index contributed by atoms with van der Waals surface area (Å²) in [6, 6.07) is 0. The van der Waals surface area contributed by atoms with E-state index in [2.05, 4.69) is 6.08 Å². The molecule has 0 nitrogen and oxygen atoms in total. The Kier molecular flexibility index (Phi) is 1.88. The fourth-order valence-corrected chi connectivity index (χ4v) is 0.911. The van der Waals surface area contributed by atoms with Crippen molar-refractivity contribution >= 4 is 23.2 Å². The van der Waals surface area contributed by atoms with Crippen LogP contribution in [0.25, 0.3) is 0 Å². The number of hydrogen-bond donors (Lipinski definition) is 0. The molecule has 0 saturated carbocycles. The van der Waals surface area contributed by atoms with E-state index in [-0.39, 0.29) is 0 Å². The molecule has 0 spiro atoms. The highest BCUT2D eigenvalue weighted by molar-refractivity contribution is 6.39. The smallest absolute Gasteiger partial charge is 0.0813 e. The lowest BCUT2D eigenvalue weighted by atomic mass is 10.0. The van der Waals surface area contributed by atoms with Gasteiger partial charge in [0.25, 0.3) is 0 Å². The van der Waals surface area contributed by atoms with Gasteiger partial charge >= 0.3 is 0 Å². The monoisotopic (exact) mass is 161 g/mol. The molecule has 1 rings (SSSR count). The van der Waals surface area contributed by atoms with Crippen LogP contribution in [0.5, 0.6) is 0 Å². The summed E-state index contributed by atoms with van der Waals surface area (Å²) in [6.07, 6.45) is 7.26. The second-order valence-electron chi connectivity index (χ2n) is 2.26. The lowest BCUT2D eigenvalue weighted by Crippen LogP contribution is -2.17. The Labute approximate surface area is 65.2 Å². The number of hydrogen-bond acceptors (Lipinski definition) is 0. The van der Waals surface area contributed by atoms with Crippen LogP contribution in [0.15, 0.2) is 17.2 Å². The molecule has 1 atom stereocenters. The molecule has 1 aliphatic carbocycles. The van der Waals surface area contributed by atoms with Crippen LogP contribution in [0, 0.1) is 6.08 Å². The second-order valence-corrected chi connectivity index (χ2v) is 3.50. The molecule has 0 aliphatic heterocycles. The predicted molar refractivity (Wildman–Crippen MR) is 40.6 cm³/mol. The molecule has 0 aromatic rings. The molecule has 0 aromatic heterocycles. The third-order valence-electron chi connectivity index (χ3n) is 1.28. The fourth-order valence-electron chi connectivity index (χ4n) is 0.641. The Hall–Kier alpha value is 0.0600. The molecule has 0 aromatic carbocycles. The van der Waals surface area contributed by atoms with Gasteiger partial charge in [0.1, 0.15) is 0 Å². The van der Waals surface area contributed by atoms with Crippen molar-refractivity contribution in [3.63, 3.8) is 0 Å². The summed E-state index contributed by atoms with van der Waals surface area (Å²) >= 11 is 11.7. The molecule has 1 aliphatic rings. The molecule has 0 saturated heterocycles. The van der Waals surface area contributed by atoms with Crippen molar-refractivity contribution < 1.29 is 0 Å². The van der Waals surface area contributed by atoms with E-state index in [0.717, 1.165) is 0 Å². The zero-order valence-electron chi connectivity index (χ0n) is 5.12. The number of alkyl halides is 1. The summed E-state index contributed by atoms with van der Waals surface area (Å²) in [5.74, 6) is 0. The van der Waals surface area contributed by atoms with Crippen molar-refractivity contribution in [2.75, 3.05) is 0 Å². The molecule has 0 amide bonds. The molecule has 0 bridgehead atoms. The number of halogens is 2. The molecule has 0 heterocycles. The quantitative estimate of drug-likeness (QED) is 0.480. The van der Waals surface area contributed by atoms with Crippen molar-refractivity contribution in [3.05, 3.63) is 23.3 Å². The van der Waals surface area contributed by atoms with Crippen molar-refractivity contribution in [2.45, 2.75) is 18.2 Å². The fraction of sp³-hybridized carbons (Fsp3) is 0.429. The Morgan fingerprint density at radius 3 is 2.78 bits per heavy atom. The first-order chi connectivity index (χ1) is 4.13. The zero-order chi connectivity index (χ0) is 6.91. The summed E-state index contributed by atoms with van der Waals surface area (Å²) in [7, 11) is 0. The van der Waals surface area contributed by atoms with E-state index >= 15 is 0 Å². The van der Waals surface area contributed by atoms with Crippen LogP contribution < -0.4 is 0 Å². The Balaban J connectivity index is 2.83. The lowest BCUT2D eigenvalue weighted by molar-refractivity contribution is 0.755. The summed E-state index contributed by atoms with van der Waals surface area (Å²) < 4.78 is 0. The lowest BCUT2D eigenvalue weighted by Gasteiger charge is -2.20. The largest absolute Gasteiger partial charge is 0.113 e. The highest BCUT2D eigenvalue weighted by Gasteiger charge is 2.24. The van der Waals surface area contributed by atoms with Crippen LogP contribution in [-0.4, -0.2) is 4.87 Å². The second kappa shape index (κ2) is 2.36. The highest BCUT2D eigenvalue weighted by atomic mass is 35.5. The molecular weight excluding hydrogens is 155 g/mol. The van der Waals surface area contributed by atoms with E-state index in [4.69, 9.17) is 23.2 Å². The van der Waals surface area contributed by atoms with E-state index in [1.54, 1.807) is 12.2 Å². The topological polar surface area (TPSA) is 0 Å². The van der Waals surface area contributed by atoms with Crippen LogP contribution in [0.4, 0.5) is 0 Å². The van der Waals surface area contributed by atoms with Gasteiger partial charge in [-0.2, -0.15) is 0 Å². The average Bonchev–Trinajstić information content (AvgIpc) is 1.77.